The summed E-state index contributed by atoms with van der Waals surface area (Å²) in [6, 6.07) is 1.44. The highest BCUT2D eigenvalue weighted by atomic mass is 16.4. The Balaban J connectivity index is 3.56. The van der Waals surface area contributed by atoms with Gasteiger partial charge in [-0.05, 0) is 6.42 Å². The van der Waals surface area contributed by atoms with Crippen molar-refractivity contribution in [1.29, 1.82) is 5.26 Å². The van der Waals surface area contributed by atoms with Gasteiger partial charge in [0, 0.05) is 0 Å². The van der Waals surface area contributed by atoms with Crippen molar-refractivity contribution in [3.05, 3.63) is 23.8 Å². The molecule has 1 rings (SSSR count). The zero-order chi connectivity index (χ0) is 15.6. The van der Waals surface area contributed by atoms with Gasteiger partial charge in [0.25, 0.3) is 0 Å². The van der Waals surface area contributed by atoms with Crippen LogP contribution in [0.4, 0.5) is 0 Å². The molecule has 0 radical (unpaired) electrons. The molecule has 0 saturated carbocycles. The molecule has 2 atom stereocenters. The van der Waals surface area contributed by atoms with Gasteiger partial charge in [-0.3, -0.25) is 4.79 Å². The second-order valence-corrected chi connectivity index (χ2v) is 4.52. The molecule has 0 bridgehead atoms. The summed E-state index contributed by atoms with van der Waals surface area (Å²) in [6.07, 6.45) is 3.35. The molecule has 106 valence electrons. The Hall–Kier alpha value is -2.62. The van der Waals surface area contributed by atoms with Gasteiger partial charge in [-0.2, -0.15) is 5.26 Å². The number of rotatable bonds is 5. The Kier molecular flexibility index (Phi) is 3.99. The van der Waals surface area contributed by atoms with E-state index in [1.807, 2.05) is 0 Å². The highest BCUT2D eigenvalue weighted by Crippen LogP contribution is 2.42. The first-order valence-electron chi connectivity index (χ1n) is 5.81. The SMILES string of the molecule is CCCC1(C(=O)O)C=CC(C#N)(C(=O)O)C(C(=O)O)=C1. The van der Waals surface area contributed by atoms with E-state index in [0.29, 0.717) is 6.42 Å². The summed E-state index contributed by atoms with van der Waals surface area (Å²) < 4.78 is 0. The van der Waals surface area contributed by atoms with Gasteiger partial charge in [-0.15, -0.1) is 0 Å². The van der Waals surface area contributed by atoms with Crippen molar-refractivity contribution >= 4 is 17.9 Å². The molecular formula is C13H13NO6. The molecule has 3 N–H and O–H groups in total. The molecule has 0 aromatic rings. The molecule has 0 heterocycles. The number of carboxylic acid groups (broad SMARTS) is 3. The lowest BCUT2D eigenvalue weighted by molar-refractivity contribution is -0.147. The quantitative estimate of drug-likeness (QED) is 0.639. The molecule has 1 aliphatic carbocycles. The average Bonchev–Trinajstić information content (AvgIpc) is 2.38. The van der Waals surface area contributed by atoms with Crippen molar-refractivity contribution in [3.8, 4) is 6.07 Å². The van der Waals surface area contributed by atoms with Gasteiger partial charge in [0.05, 0.1) is 11.6 Å². The fraction of sp³-hybridized carbons (Fsp3) is 0.385. The predicted molar refractivity (Wildman–Crippen MR) is 65.5 cm³/mol. The maximum atomic E-state index is 11.4. The van der Waals surface area contributed by atoms with Crippen LogP contribution in [0, 0.1) is 22.2 Å². The molecule has 0 aliphatic heterocycles. The Labute approximate surface area is 114 Å². The van der Waals surface area contributed by atoms with Crippen molar-refractivity contribution in [1.82, 2.24) is 0 Å². The highest BCUT2D eigenvalue weighted by Gasteiger charge is 2.50. The molecule has 7 nitrogen and oxygen atoms in total. The van der Waals surface area contributed by atoms with E-state index in [1.165, 1.54) is 6.07 Å². The second-order valence-electron chi connectivity index (χ2n) is 4.52. The van der Waals surface area contributed by atoms with Crippen LogP contribution in [0.5, 0.6) is 0 Å². The van der Waals surface area contributed by atoms with E-state index in [-0.39, 0.29) is 6.42 Å². The fourth-order valence-corrected chi connectivity index (χ4v) is 2.15. The summed E-state index contributed by atoms with van der Waals surface area (Å²) in [6.45, 7) is 1.72. The van der Waals surface area contributed by atoms with Crippen molar-refractivity contribution < 1.29 is 29.7 Å². The largest absolute Gasteiger partial charge is 0.480 e. The number of hydrogen-bond acceptors (Lipinski definition) is 4. The molecule has 1 aliphatic rings. The van der Waals surface area contributed by atoms with E-state index in [4.69, 9.17) is 15.5 Å². The first kappa shape index (κ1) is 15.4. The second kappa shape index (κ2) is 5.17. The van der Waals surface area contributed by atoms with Crippen LogP contribution in [0.25, 0.3) is 0 Å². The number of carboxylic acids is 3. The van der Waals surface area contributed by atoms with Gasteiger partial charge in [0.15, 0.2) is 0 Å². The first-order valence-corrected chi connectivity index (χ1v) is 5.81. The summed E-state index contributed by atoms with van der Waals surface area (Å²) in [5, 5.41) is 36.6. The molecule has 2 unspecified atom stereocenters. The summed E-state index contributed by atoms with van der Waals surface area (Å²) in [5.41, 5.74) is -4.71. The molecule has 7 heteroatoms. The number of carbonyl (C=O) groups is 3. The van der Waals surface area contributed by atoms with Crippen molar-refractivity contribution in [3.63, 3.8) is 0 Å². The van der Waals surface area contributed by atoms with Gasteiger partial charge < -0.3 is 15.3 Å². The lowest BCUT2D eigenvalue weighted by atomic mass is 9.68. The van der Waals surface area contributed by atoms with E-state index >= 15 is 0 Å². The molecule has 20 heavy (non-hydrogen) atoms. The van der Waals surface area contributed by atoms with Crippen LogP contribution >= 0.6 is 0 Å². The molecule has 0 fully saturated rings. The van der Waals surface area contributed by atoms with E-state index in [9.17, 15) is 19.5 Å². The van der Waals surface area contributed by atoms with Gasteiger partial charge in [-0.25, -0.2) is 9.59 Å². The van der Waals surface area contributed by atoms with Crippen molar-refractivity contribution in [2.75, 3.05) is 0 Å². The van der Waals surface area contributed by atoms with Crippen LogP contribution in [-0.4, -0.2) is 33.2 Å². The van der Waals surface area contributed by atoms with E-state index in [1.54, 1.807) is 6.92 Å². The lowest BCUT2D eigenvalue weighted by Crippen LogP contribution is -2.40. The van der Waals surface area contributed by atoms with Crippen LogP contribution < -0.4 is 0 Å². The minimum Gasteiger partial charge on any atom is -0.480 e. The predicted octanol–water partition coefficient (Wildman–Crippen LogP) is 1.03. The topological polar surface area (TPSA) is 136 Å². The number of hydrogen-bond donors (Lipinski definition) is 3. The van der Waals surface area contributed by atoms with Gasteiger partial charge in [0.1, 0.15) is 5.41 Å². The summed E-state index contributed by atoms with van der Waals surface area (Å²) >= 11 is 0. The van der Waals surface area contributed by atoms with Crippen molar-refractivity contribution in [2.45, 2.75) is 19.8 Å². The van der Waals surface area contributed by atoms with Gasteiger partial charge in [0.2, 0.25) is 5.41 Å². The zero-order valence-electron chi connectivity index (χ0n) is 10.7. The van der Waals surface area contributed by atoms with E-state index in [2.05, 4.69) is 0 Å². The number of aliphatic carboxylic acids is 3. The third-order valence-electron chi connectivity index (χ3n) is 3.26. The van der Waals surface area contributed by atoms with Crippen LogP contribution in [0.3, 0.4) is 0 Å². The third kappa shape index (κ3) is 2.16. The summed E-state index contributed by atoms with van der Waals surface area (Å²) in [4.78, 5) is 33.9. The average molecular weight is 279 g/mol. The van der Waals surface area contributed by atoms with E-state index < -0.39 is 34.3 Å². The van der Waals surface area contributed by atoms with Crippen LogP contribution in [-0.2, 0) is 14.4 Å². The maximum Gasteiger partial charge on any atom is 0.333 e. The van der Waals surface area contributed by atoms with E-state index in [0.717, 1.165) is 18.2 Å². The maximum absolute atomic E-state index is 11.4. The zero-order valence-corrected chi connectivity index (χ0v) is 10.7. The normalized spacial score (nSPS) is 28.3. The Morgan fingerprint density at radius 3 is 2.15 bits per heavy atom. The van der Waals surface area contributed by atoms with Gasteiger partial charge >= 0.3 is 17.9 Å². The Morgan fingerprint density at radius 1 is 1.20 bits per heavy atom. The molecule has 0 aromatic heterocycles. The van der Waals surface area contributed by atoms with Crippen LogP contribution in [0.2, 0.25) is 0 Å². The highest BCUT2D eigenvalue weighted by molar-refractivity contribution is 6.02. The molecule has 0 saturated heterocycles. The third-order valence-corrected chi connectivity index (χ3v) is 3.26. The lowest BCUT2D eigenvalue weighted by Gasteiger charge is -2.31. The molecule has 0 spiro atoms. The minimum atomic E-state index is -2.36. The standard InChI is InChI=1S/C13H13NO6/c1-2-3-12(10(17)18)4-5-13(7-14,11(19)20)8(6-12)9(15)16/h4-6H,2-3H2,1H3,(H,15,16)(H,17,18)(H,19,20). The Bertz CT molecular complexity index is 570. The smallest absolute Gasteiger partial charge is 0.333 e. The minimum absolute atomic E-state index is 0.108. The first-order chi connectivity index (χ1) is 9.25. The molecular weight excluding hydrogens is 266 g/mol. The Morgan fingerprint density at radius 2 is 1.80 bits per heavy atom. The fourth-order valence-electron chi connectivity index (χ4n) is 2.15. The number of nitriles is 1. The summed E-state index contributed by atoms with van der Waals surface area (Å²) in [5.74, 6) is -4.56. The monoisotopic (exact) mass is 279 g/mol. The number of nitrogens with zero attached hydrogens (tertiary/aromatic N) is 1. The molecule has 0 aromatic carbocycles. The summed E-state index contributed by atoms with van der Waals surface area (Å²) in [7, 11) is 0. The van der Waals surface area contributed by atoms with Gasteiger partial charge in [-0.1, -0.05) is 31.6 Å². The van der Waals surface area contributed by atoms with Crippen molar-refractivity contribution in [2.24, 2.45) is 10.8 Å². The van der Waals surface area contributed by atoms with Crippen LogP contribution in [0.15, 0.2) is 23.8 Å². The van der Waals surface area contributed by atoms with Crippen LogP contribution in [0.1, 0.15) is 19.8 Å². The molecule has 0 amide bonds.